The van der Waals surface area contributed by atoms with Gasteiger partial charge in [-0.05, 0) is 88.1 Å². The Morgan fingerprint density at radius 1 is 1.13 bits per heavy atom. The van der Waals surface area contributed by atoms with Gasteiger partial charge in [0, 0.05) is 42.1 Å². The van der Waals surface area contributed by atoms with Crippen LogP contribution in [0, 0.1) is 5.41 Å². The molecular weight excluding hydrogens is 559 g/mol. The molecule has 4 rings (SSSR count). The van der Waals surface area contributed by atoms with Gasteiger partial charge in [-0.1, -0.05) is 23.2 Å². The summed E-state index contributed by atoms with van der Waals surface area (Å²) in [6, 6.07) is 9.13. The number of amides is 1. The minimum Gasteiger partial charge on any atom is -0.486 e. The van der Waals surface area contributed by atoms with Crippen LogP contribution in [-0.4, -0.2) is 56.0 Å². The number of carbonyl (C=O) groups is 1. The lowest BCUT2D eigenvalue weighted by Crippen LogP contribution is -2.47. The number of hydrogen-bond acceptors (Lipinski definition) is 7. The summed E-state index contributed by atoms with van der Waals surface area (Å²) in [5.41, 5.74) is 1.07. The number of aromatic nitrogens is 3. The van der Waals surface area contributed by atoms with Crippen molar-refractivity contribution in [2.24, 2.45) is 5.41 Å². The Bertz CT molecular complexity index is 1290. The molecule has 1 aliphatic heterocycles. The summed E-state index contributed by atoms with van der Waals surface area (Å²) in [6.07, 6.45) is 8.68. The van der Waals surface area contributed by atoms with Gasteiger partial charge in [0.1, 0.15) is 24.3 Å². The fourth-order valence-electron chi connectivity index (χ4n) is 4.41. The molecule has 11 heteroatoms. The van der Waals surface area contributed by atoms with Crippen LogP contribution in [0.25, 0.3) is 0 Å². The topological polar surface area (TPSA) is 78.7 Å². The summed E-state index contributed by atoms with van der Waals surface area (Å²) >= 11 is 17.7. The van der Waals surface area contributed by atoms with E-state index in [0.717, 1.165) is 30.5 Å². The molecule has 8 nitrogen and oxygen atoms in total. The fraction of sp³-hybridized carbons (Fsp3) is 0.429. The van der Waals surface area contributed by atoms with E-state index in [1.807, 2.05) is 32.9 Å². The molecule has 1 saturated heterocycles. The monoisotopic (exact) mass is 590 g/mol. The lowest BCUT2D eigenvalue weighted by Gasteiger charge is -2.42. The molecule has 3 heterocycles. The summed E-state index contributed by atoms with van der Waals surface area (Å²) in [5, 5.41) is 1.33. The lowest BCUT2D eigenvalue weighted by molar-refractivity contribution is 0.00123. The highest BCUT2D eigenvalue weighted by Crippen LogP contribution is 2.36. The maximum Gasteiger partial charge on any atom is 0.410 e. The van der Waals surface area contributed by atoms with Crippen LogP contribution in [0.3, 0.4) is 0 Å². The fourth-order valence-corrected chi connectivity index (χ4v) is 5.04. The molecule has 1 amide bonds. The third-order valence-electron chi connectivity index (χ3n) is 6.42. The second kappa shape index (κ2) is 12.5. The summed E-state index contributed by atoms with van der Waals surface area (Å²) in [5.74, 6) is 0.542. The Morgan fingerprint density at radius 3 is 2.56 bits per heavy atom. The molecule has 0 saturated carbocycles. The average Bonchev–Trinajstić information content (AvgIpc) is 3.42. The van der Waals surface area contributed by atoms with E-state index in [2.05, 4.69) is 9.97 Å². The van der Waals surface area contributed by atoms with Crippen molar-refractivity contribution in [1.29, 1.82) is 0 Å². The largest absolute Gasteiger partial charge is 0.486 e. The number of thiocarbonyl (C=S) groups is 1. The highest BCUT2D eigenvalue weighted by atomic mass is 35.5. The van der Waals surface area contributed by atoms with E-state index in [0.29, 0.717) is 40.7 Å². The number of halogens is 2. The lowest BCUT2D eigenvalue weighted by atomic mass is 9.74. The van der Waals surface area contributed by atoms with Crippen LogP contribution in [0.2, 0.25) is 10.0 Å². The molecule has 1 aliphatic rings. The molecule has 208 valence electrons. The van der Waals surface area contributed by atoms with Gasteiger partial charge in [-0.2, -0.15) is 0 Å². The van der Waals surface area contributed by atoms with E-state index >= 15 is 0 Å². The van der Waals surface area contributed by atoms with Crippen molar-refractivity contribution in [2.75, 3.05) is 19.7 Å². The Hall–Kier alpha value is -2.88. The number of carbonyl (C=O) groups excluding carboxylic acids is 1. The van der Waals surface area contributed by atoms with Gasteiger partial charge in [0.15, 0.2) is 0 Å². The molecule has 3 aromatic rings. The highest BCUT2D eigenvalue weighted by molar-refractivity contribution is 7.80. The summed E-state index contributed by atoms with van der Waals surface area (Å²) in [7, 11) is 0. The maximum atomic E-state index is 12.7. The third-order valence-corrected chi connectivity index (χ3v) is 7.28. The van der Waals surface area contributed by atoms with E-state index in [1.54, 1.807) is 52.6 Å². The van der Waals surface area contributed by atoms with Crippen molar-refractivity contribution < 1.29 is 19.0 Å². The van der Waals surface area contributed by atoms with Crippen molar-refractivity contribution in [1.82, 2.24) is 19.4 Å². The van der Waals surface area contributed by atoms with Crippen LogP contribution >= 0.6 is 35.4 Å². The number of hydrogen-bond donors (Lipinski definition) is 0. The molecular formula is C28H32Cl2N4O4S. The van der Waals surface area contributed by atoms with E-state index in [9.17, 15) is 4.79 Å². The number of ether oxygens (including phenoxy) is 3. The SMILES string of the molecule is CC(C)(C)OC(=O)N1CCC(COC(=S)n2ccnc2)(Cc2ccnc(COc3ccc(Cl)cc3Cl)c2)CC1. The first-order valence-electron chi connectivity index (χ1n) is 12.7. The number of piperidine rings is 1. The molecule has 0 atom stereocenters. The Balaban J connectivity index is 1.46. The molecule has 0 bridgehead atoms. The first-order valence-corrected chi connectivity index (χ1v) is 13.8. The number of likely N-dealkylation sites (tertiary alicyclic amines) is 1. The standard InChI is InChI=1S/C28H32Cl2N4O4S/c1-27(2,3)38-25(35)33-11-7-28(8-12-33,18-37-26(39)34-13-10-31-19-34)16-20-6-9-32-22(14-20)17-36-24-5-4-21(29)15-23(24)30/h4-6,9-10,13-15,19H,7-8,11-12,16-18H2,1-3H3. The van der Waals surface area contributed by atoms with Gasteiger partial charge in [-0.25, -0.2) is 9.78 Å². The van der Waals surface area contributed by atoms with Gasteiger partial charge in [0.05, 0.1) is 17.3 Å². The predicted octanol–water partition coefficient (Wildman–Crippen LogP) is 6.57. The Morgan fingerprint density at radius 2 is 1.90 bits per heavy atom. The van der Waals surface area contributed by atoms with Gasteiger partial charge >= 0.3 is 6.09 Å². The van der Waals surface area contributed by atoms with E-state index < -0.39 is 5.60 Å². The van der Waals surface area contributed by atoms with Gasteiger partial charge in [0.2, 0.25) is 0 Å². The van der Waals surface area contributed by atoms with Gasteiger partial charge < -0.3 is 19.1 Å². The summed E-state index contributed by atoms with van der Waals surface area (Å²) < 4.78 is 19.2. The minimum absolute atomic E-state index is 0.248. The molecule has 0 N–H and O–H groups in total. The second-order valence-electron chi connectivity index (χ2n) is 10.7. The summed E-state index contributed by atoms with van der Waals surface area (Å²) in [4.78, 5) is 23.0. The van der Waals surface area contributed by atoms with Crippen LogP contribution in [0.1, 0.15) is 44.9 Å². The highest BCUT2D eigenvalue weighted by Gasteiger charge is 2.38. The Kier molecular flexibility index (Phi) is 9.35. The number of rotatable bonds is 7. The first kappa shape index (κ1) is 29.1. The van der Waals surface area contributed by atoms with E-state index in [4.69, 9.17) is 49.6 Å². The molecule has 1 fully saturated rings. The van der Waals surface area contributed by atoms with Gasteiger partial charge in [-0.15, -0.1) is 0 Å². The maximum absolute atomic E-state index is 12.7. The van der Waals surface area contributed by atoms with Crippen LogP contribution in [0.5, 0.6) is 5.75 Å². The first-order chi connectivity index (χ1) is 18.5. The van der Waals surface area contributed by atoms with Crippen LogP contribution in [-0.2, 0) is 22.5 Å². The molecule has 2 aromatic heterocycles. The Labute approximate surface area is 244 Å². The van der Waals surface area contributed by atoms with E-state index in [-0.39, 0.29) is 18.1 Å². The van der Waals surface area contributed by atoms with Gasteiger partial charge in [0.25, 0.3) is 5.17 Å². The minimum atomic E-state index is -0.544. The number of benzene rings is 1. The normalized spacial score (nSPS) is 15.1. The quantitative estimate of drug-likeness (QED) is 0.288. The van der Waals surface area contributed by atoms with Crippen molar-refractivity contribution >= 4 is 46.7 Å². The molecule has 0 aliphatic carbocycles. The number of imidazole rings is 1. The number of pyridine rings is 1. The van der Waals surface area contributed by atoms with Crippen LogP contribution < -0.4 is 4.74 Å². The molecule has 0 unspecified atom stereocenters. The van der Waals surface area contributed by atoms with E-state index in [1.165, 1.54) is 0 Å². The van der Waals surface area contributed by atoms with Gasteiger partial charge in [-0.3, -0.25) is 9.55 Å². The van der Waals surface area contributed by atoms with Crippen molar-refractivity contribution in [3.8, 4) is 5.75 Å². The molecule has 0 spiro atoms. The van der Waals surface area contributed by atoms with Crippen molar-refractivity contribution in [3.63, 3.8) is 0 Å². The smallest absolute Gasteiger partial charge is 0.410 e. The molecule has 39 heavy (non-hydrogen) atoms. The predicted molar refractivity (Wildman–Crippen MR) is 154 cm³/mol. The van der Waals surface area contributed by atoms with Crippen LogP contribution in [0.4, 0.5) is 4.79 Å². The number of nitrogens with zero attached hydrogens (tertiary/aromatic N) is 4. The van der Waals surface area contributed by atoms with Crippen molar-refractivity contribution in [2.45, 2.75) is 52.2 Å². The second-order valence-corrected chi connectivity index (χ2v) is 11.9. The average molecular weight is 592 g/mol. The summed E-state index contributed by atoms with van der Waals surface area (Å²) in [6.45, 7) is 7.40. The zero-order valence-electron chi connectivity index (χ0n) is 22.2. The van der Waals surface area contributed by atoms with Crippen LogP contribution in [0.15, 0.2) is 55.2 Å². The molecule has 0 radical (unpaired) electrons. The zero-order valence-corrected chi connectivity index (χ0v) is 24.6. The van der Waals surface area contributed by atoms with Crippen molar-refractivity contribution in [3.05, 3.63) is 76.6 Å². The molecule has 1 aromatic carbocycles. The third kappa shape index (κ3) is 8.30. The zero-order chi connectivity index (χ0) is 28.0.